The van der Waals surface area contributed by atoms with Gasteiger partial charge in [-0.15, -0.1) is 0 Å². The SMILES string of the molecule is C=C(COc1ccc2c(c1)CCCC2=O)C(=O)OCC. The molecule has 1 aromatic rings. The number of esters is 1. The summed E-state index contributed by atoms with van der Waals surface area (Å²) in [6.07, 6.45) is 2.38. The van der Waals surface area contributed by atoms with Crippen molar-refractivity contribution in [3.63, 3.8) is 0 Å². The lowest BCUT2D eigenvalue weighted by Gasteiger charge is -2.16. The molecule has 0 fully saturated rings. The molecular formula is C16H18O4. The molecule has 0 N–H and O–H groups in total. The Labute approximate surface area is 118 Å². The van der Waals surface area contributed by atoms with Gasteiger partial charge in [0.1, 0.15) is 12.4 Å². The number of benzene rings is 1. The molecular weight excluding hydrogens is 256 g/mol. The highest BCUT2D eigenvalue weighted by Gasteiger charge is 2.17. The second-order valence-corrected chi connectivity index (χ2v) is 4.71. The number of ketones is 1. The Morgan fingerprint density at radius 2 is 2.15 bits per heavy atom. The van der Waals surface area contributed by atoms with E-state index in [1.807, 2.05) is 6.07 Å². The molecule has 0 aliphatic heterocycles. The van der Waals surface area contributed by atoms with Crippen LogP contribution in [0.15, 0.2) is 30.4 Å². The molecule has 0 spiro atoms. The van der Waals surface area contributed by atoms with Crippen molar-refractivity contribution in [2.24, 2.45) is 0 Å². The first-order valence-electron chi connectivity index (χ1n) is 6.75. The highest BCUT2D eigenvalue weighted by atomic mass is 16.5. The molecule has 0 heterocycles. The summed E-state index contributed by atoms with van der Waals surface area (Å²) in [6.45, 7) is 5.78. The third kappa shape index (κ3) is 3.26. The molecule has 1 aliphatic rings. The summed E-state index contributed by atoms with van der Waals surface area (Å²) in [4.78, 5) is 23.1. The van der Waals surface area contributed by atoms with Crippen molar-refractivity contribution in [2.75, 3.05) is 13.2 Å². The Morgan fingerprint density at radius 1 is 1.35 bits per heavy atom. The topological polar surface area (TPSA) is 52.6 Å². The van der Waals surface area contributed by atoms with Gasteiger partial charge >= 0.3 is 5.97 Å². The minimum Gasteiger partial charge on any atom is -0.489 e. The molecule has 1 aliphatic carbocycles. The minimum atomic E-state index is -0.444. The van der Waals surface area contributed by atoms with Crippen LogP contribution in [0.3, 0.4) is 0 Å². The van der Waals surface area contributed by atoms with Crippen LogP contribution < -0.4 is 4.74 Å². The van der Waals surface area contributed by atoms with Gasteiger partial charge in [-0.25, -0.2) is 4.79 Å². The highest BCUT2D eigenvalue weighted by Crippen LogP contribution is 2.25. The van der Waals surface area contributed by atoms with Crippen LogP contribution >= 0.6 is 0 Å². The van der Waals surface area contributed by atoms with Crippen molar-refractivity contribution in [3.8, 4) is 5.75 Å². The molecule has 4 nitrogen and oxygen atoms in total. The maximum Gasteiger partial charge on any atom is 0.336 e. The Kier molecular flexibility index (Phi) is 4.56. The van der Waals surface area contributed by atoms with Crippen molar-refractivity contribution < 1.29 is 19.1 Å². The Morgan fingerprint density at radius 3 is 2.90 bits per heavy atom. The molecule has 0 radical (unpaired) electrons. The van der Waals surface area contributed by atoms with Gasteiger partial charge in [-0.1, -0.05) is 6.58 Å². The maximum absolute atomic E-state index is 11.7. The van der Waals surface area contributed by atoms with Gasteiger partial charge in [-0.2, -0.15) is 0 Å². The van der Waals surface area contributed by atoms with Gasteiger partial charge in [-0.05, 0) is 43.5 Å². The molecule has 106 valence electrons. The van der Waals surface area contributed by atoms with Crippen LogP contribution in [0.25, 0.3) is 0 Å². The van der Waals surface area contributed by atoms with Gasteiger partial charge in [0, 0.05) is 12.0 Å². The quantitative estimate of drug-likeness (QED) is 0.612. The smallest absolute Gasteiger partial charge is 0.336 e. The molecule has 0 saturated carbocycles. The van der Waals surface area contributed by atoms with Crippen LogP contribution in [-0.2, 0) is 16.0 Å². The van der Waals surface area contributed by atoms with Crippen LogP contribution in [0.4, 0.5) is 0 Å². The molecule has 0 atom stereocenters. The van der Waals surface area contributed by atoms with Crippen molar-refractivity contribution >= 4 is 11.8 Å². The third-order valence-corrected chi connectivity index (χ3v) is 3.20. The molecule has 1 aromatic carbocycles. The van der Waals surface area contributed by atoms with Crippen molar-refractivity contribution in [1.29, 1.82) is 0 Å². The number of fused-ring (bicyclic) bond motifs is 1. The fraction of sp³-hybridized carbons (Fsp3) is 0.375. The number of hydrogen-bond donors (Lipinski definition) is 0. The number of carbonyl (C=O) groups is 2. The maximum atomic E-state index is 11.7. The number of carbonyl (C=O) groups excluding carboxylic acids is 2. The zero-order valence-electron chi connectivity index (χ0n) is 11.6. The van der Waals surface area contributed by atoms with Gasteiger partial charge in [0.2, 0.25) is 0 Å². The lowest BCUT2D eigenvalue weighted by molar-refractivity contribution is -0.138. The van der Waals surface area contributed by atoms with E-state index in [0.29, 0.717) is 18.8 Å². The average molecular weight is 274 g/mol. The number of ether oxygens (including phenoxy) is 2. The molecule has 2 rings (SSSR count). The van der Waals surface area contributed by atoms with Crippen LogP contribution in [-0.4, -0.2) is 25.0 Å². The molecule has 0 saturated heterocycles. The number of hydrogen-bond acceptors (Lipinski definition) is 4. The van der Waals surface area contributed by atoms with E-state index in [0.717, 1.165) is 24.0 Å². The zero-order valence-corrected chi connectivity index (χ0v) is 11.6. The first-order valence-corrected chi connectivity index (χ1v) is 6.75. The van der Waals surface area contributed by atoms with E-state index in [4.69, 9.17) is 9.47 Å². The molecule has 0 aromatic heterocycles. The highest BCUT2D eigenvalue weighted by molar-refractivity contribution is 5.98. The van der Waals surface area contributed by atoms with E-state index in [1.54, 1.807) is 19.1 Å². The molecule has 4 heteroatoms. The summed E-state index contributed by atoms with van der Waals surface area (Å²) in [5.74, 6) is 0.387. The first-order chi connectivity index (χ1) is 9.61. The second kappa shape index (κ2) is 6.37. The Balaban J connectivity index is 1.99. The van der Waals surface area contributed by atoms with Crippen LogP contribution in [0.1, 0.15) is 35.7 Å². The predicted octanol–water partition coefficient (Wildman–Crippen LogP) is 2.70. The summed E-state index contributed by atoms with van der Waals surface area (Å²) in [5.41, 5.74) is 2.08. The zero-order chi connectivity index (χ0) is 14.5. The number of aryl methyl sites for hydroxylation is 1. The van der Waals surface area contributed by atoms with E-state index in [-0.39, 0.29) is 18.0 Å². The fourth-order valence-corrected chi connectivity index (χ4v) is 2.18. The van der Waals surface area contributed by atoms with Crippen LogP contribution in [0.5, 0.6) is 5.75 Å². The van der Waals surface area contributed by atoms with E-state index >= 15 is 0 Å². The van der Waals surface area contributed by atoms with Gasteiger partial charge in [-0.3, -0.25) is 4.79 Å². The lowest BCUT2D eigenvalue weighted by atomic mass is 9.90. The van der Waals surface area contributed by atoms with Crippen molar-refractivity contribution in [1.82, 2.24) is 0 Å². The minimum absolute atomic E-state index is 0.0889. The summed E-state index contributed by atoms with van der Waals surface area (Å²) in [5, 5.41) is 0. The second-order valence-electron chi connectivity index (χ2n) is 4.71. The first kappa shape index (κ1) is 14.3. The van der Waals surface area contributed by atoms with Crippen molar-refractivity contribution in [3.05, 3.63) is 41.5 Å². The standard InChI is InChI=1S/C16H18O4/c1-3-19-16(18)11(2)10-20-13-7-8-14-12(9-13)5-4-6-15(14)17/h7-9H,2-6,10H2,1H3. The summed E-state index contributed by atoms with van der Waals surface area (Å²) < 4.78 is 10.4. The van der Waals surface area contributed by atoms with Gasteiger partial charge < -0.3 is 9.47 Å². The third-order valence-electron chi connectivity index (χ3n) is 3.20. The van der Waals surface area contributed by atoms with Gasteiger partial charge in [0.05, 0.1) is 12.2 Å². The predicted molar refractivity (Wildman–Crippen MR) is 75.0 cm³/mol. The molecule has 0 amide bonds. The summed E-state index contributed by atoms with van der Waals surface area (Å²) >= 11 is 0. The van der Waals surface area contributed by atoms with Crippen molar-refractivity contribution in [2.45, 2.75) is 26.2 Å². The normalized spacial score (nSPS) is 13.6. The number of Topliss-reactive ketones (excluding diaryl/α,β-unsaturated/α-hetero) is 1. The Hall–Kier alpha value is -2.10. The van der Waals surface area contributed by atoms with Crippen LogP contribution in [0.2, 0.25) is 0 Å². The number of rotatable bonds is 5. The lowest BCUT2D eigenvalue weighted by Crippen LogP contribution is -2.14. The van der Waals surface area contributed by atoms with E-state index in [1.165, 1.54) is 0 Å². The van der Waals surface area contributed by atoms with Gasteiger partial charge in [0.25, 0.3) is 0 Å². The van der Waals surface area contributed by atoms with E-state index in [9.17, 15) is 9.59 Å². The molecule has 20 heavy (non-hydrogen) atoms. The van der Waals surface area contributed by atoms with Gasteiger partial charge in [0.15, 0.2) is 5.78 Å². The molecule has 0 unspecified atom stereocenters. The van der Waals surface area contributed by atoms with E-state index in [2.05, 4.69) is 6.58 Å². The monoisotopic (exact) mass is 274 g/mol. The summed E-state index contributed by atoms with van der Waals surface area (Å²) in [7, 11) is 0. The summed E-state index contributed by atoms with van der Waals surface area (Å²) in [6, 6.07) is 5.41. The fourth-order valence-electron chi connectivity index (χ4n) is 2.18. The largest absolute Gasteiger partial charge is 0.489 e. The van der Waals surface area contributed by atoms with E-state index < -0.39 is 5.97 Å². The molecule has 0 bridgehead atoms. The van der Waals surface area contributed by atoms with Crippen LogP contribution in [0, 0.1) is 0 Å². The Bertz CT molecular complexity index is 545. The average Bonchev–Trinajstić information content (AvgIpc) is 2.45.